The molecule has 3 nitrogen and oxygen atoms in total. The summed E-state index contributed by atoms with van der Waals surface area (Å²) in [6, 6.07) is 13.8. The molecule has 0 saturated heterocycles. The van der Waals surface area contributed by atoms with Crippen molar-refractivity contribution in [1.29, 1.82) is 0 Å². The van der Waals surface area contributed by atoms with Crippen molar-refractivity contribution in [2.45, 2.75) is 12.8 Å². The summed E-state index contributed by atoms with van der Waals surface area (Å²) in [7, 11) is 0. The van der Waals surface area contributed by atoms with Crippen molar-refractivity contribution in [3.63, 3.8) is 0 Å². The first-order valence-electron chi connectivity index (χ1n) is 7.39. The van der Waals surface area contributed by atoms with E-state index in [0.717, 1.165) is 34.8 Å². The highest BCUT2D eigenvalue weighted by molar-refractivity contribution is 7.09. The number of thiazole rings is 1. The summed E-state index contributed by atoms with van der Waals surface area (Å²) in [5.74, 6) is 0.431. The molecule has 0 unspecified atom stereocenters. The number of hydrogen-bond donors (Lipinski definition) is 1. The first-order chi connectivity index (χ1) is 11.2. The van der Waals surface area contributed by atoms with Crippen LogP contribution in [-0.4, -0.2) is 11.6 Å². The van der Waals surface area contributed by atoms with Crippen molar-refractivity contribution in [3.05, 3.63) is 64.7 Å². The molecule has 118 valence electrons. The molecule has 0 bridgehead atoms. The van der Waals surface area contributed by atoms with Crippen LogP contribution in [0.4, 0.5) is 10.1 Å². The number of aromatic nitrogens is 1. The standard InChI is InChI=1S/C18H17FN2OS/c19-14-6-8-16(9-7-14)22-10-2-5-18-21-17(12-23-18)13-3-1-4-15(20)11-13/h1,3-4,6-9,11-12H,2,5,10,20H2. The minimum atomic E-state index is -0.255. The molecule has 2 N–H and O–H groups in total. The lowest BCUT2D eigenvalue weighted by Gasteiger charge is -2.04. The van der Waals surface area contributed by atoms with Gasteiger partial charge in [-0.3, -0.25) is 0 Å². The first-order valence-corrected chi connectivity index (χ1v) is 8.27. The molecule has 0 aliphatic rings. The highest BCUT2D eigenvalue weighted by atomic mass is 32.1. The Kier molecular flexibility index (Phi) is 4.88. The molecule has 1 aromatic heterocycles. The molecule has 5 heteroatoms. The average molecular weight is 328 g/mol. The Bertz CT molecular complexity index is 771. The molecular weight excluding hydrogens is 311 g/mol. The van der Waals surface area contributed by atoms with Gasteiger partial charge in [-0.2, -0.15) is 0 Å². The van der Waals surface area contributed by atoms with E-state index >= 15 is 0 Å². The summed E-state index contributed by atoms with van der Waals surface area (Å²) < 4.78 is 18.4. The fourth-order valence-electron chi connectivity index (χ4n) is 2.20. The summed E-state index contributed by atoms with van der Waals surface area (Å²) in [6.45, 7) is 0.582. The maximum Gasteiger partial charge on any atom is 0.123 e. The second kappa shape index (κ2) is 7.24. The quantitative estimate of drug-likeness (QED) is 0.534. The van der Waals surface area contributed by atoms with Crippen LogP contribution in [0.25, 0.3) is 11.3 Å². The lowest BCUT2D eigenvalue weighted by molar-refractivity contribution is 0.310. The van der Waals surface area contributed by atoms with Crippen LogP contribution in [0.3, 0.4) is 0 Å². The third-order valence-corrected chi connectivity index (χ3v) is 4.26. The number of ether oxygens (including phenoxy) is 1. The fourth-order valence-corrected chi connectivity index (χ4v) is 3.05. The minimum absolute atomic E-state index is 0.255. The van der Waals surface area contributed by atoms with Gasteiger partial charge in [-0.15, -0.1) is 11.3 Å². The molecule has 2 aromatic carbocycles. The molecular formula is C18H17FN2OS. The van der Waals surface area contributed by atoms with Crippen molar-refractivity contribution in [1.82, 2.24) is 4.98 Å². The van der Waals surface area contributed by atoms with Crippen LogP contribution in [0.5, 0.6) is 5.75 Å². The number of benzene rings is 2. The van der Waals surface area contributed by atoms with Crippen molar-refractivity contribution in [3.8, 4) is 17.0 Å². The zero-order chi connectivity index (χ0) is 16.1. The minimum Gasteiger partial charge on any atom is -0.494 e. The molecule has 0 aliphatic heterocycles. The molecule has 0 fully saturated rings. The number of rotatable bonds is 6. The van der Waals surface area contributed by atoms with E-state index in [0.29, 0.717) is 12.4 Å². The summed E-state index contributed by atoms with van der Waals surface area (Å²) >= 11 is 1.64. The molecule has 0 atom stereocenters. The predicted molar refractivity (Wildman–Crippen MR) is 92.2 cm³/mol. The van der Waals surface area contributed by atoms with Gasteiger partial charge in [-0.05, 0) is 42.8 Å². The lowest BCUT2D eigenvalue weighted by Crippen LogP contribution is -1.99. The molecule has 3 aromatic rings. The van der Waals surface area contributed by atoms with Gasteiger partial charge in [0.15, 0.2) is 0 Å². The Morgan fingerprint density at radius 3 is 2.74 bits per heavy atom. The van der Waals surface area contributed by atoms with Gasteiger partial charge in [0, 0.05) is 23.1 Å². The van der Waals surface area contributed by atoms with Crippen LogP contribution in [0.2, 0.25) is 0 Å². The maximum absolute atomic E-state index is 12.8. The van der Waals surface area contributed by atoms with Crippen molar-refractivity contribution >= 4 is 17.0 Å². The Hall–Kier alpha value is -2.40. The largest absolute Gasteiger partial charge is 0.494 e. The normalized spacial score (nSPS) is 10.7. The smallest absolute Gasteiger partial charge is 0.123 e. The van der Waals surface area contributed by atoms with Gasteiger partial charge >= 0.3 is 0 Å². The second-order valence-electron chi connectivity index (χ2n) is 5.16. The molecule has 0 amide bonds. The Morgan fingerprint density at radius 2 is 1.96 bits per heavy atom. The number of anilines is 1. The van der Waals surface area contributed by atoms with Crippen LogP contribution in [-0.2, 0) is 6.42 Å². The molecule has 23 heavy (non-hydrogen) atoms. The van der Waals surface area contributed by atoms with E-state index in [-0.39, 0.29) is 5.82 Å². The fraction of sp³-hybridized carbons (Fsp3) is 0.167. The number of nitrogens with zero attached hydrogens (tertiary/aromatic N) is 1. The molecule has 1 heterocycles. The Labute approximate surface area is 138 Å². The van der Waals surface area contributed by atoms with Crippen LogP contribution in [0.1, 0.15) is 11.4 Å². The number of aryl methyl sites for hydroxylation is 1. The summed E-state index contributed by atoms with van der Waals surface area (Å²) in [5, 5.41) is 3.12. The van der Waals surface area contributed by atoms with Crippen LogP contribution >= 0.6 is 11.3 Å². The van der Waals surface area contributed by atoms with Crippen molar-refractivity contribution in [2.24, 2.45) is 0 Å². The molecule has 0 saturated carbocycles. The highest BCUT2D eigenvalue weighted by Crippen LogP contribution is 2.24. The second-order valence-corrected chi connectivity index (χ2v) is 6.10. The highest BCUT2D eigenvalue weighted by Gasteiger charge is 2.05. The first kappa shape index (κ1) is 15.5. The topological polar surface area (TPSA) is 48.1 Å². The molecule has 0 aliphatic carbocycles. The van der Waals surface area contributed by atoms with Gasteiger partial charge in [0.25, 0.3) is 0 Å². The van der Waals surface area contributed by atoms with Crippen molar-refractivity contribution < 1.29 is 9.13 Å². The predicted octanol–water partition coefficient (Wildman–Crippen LogP) is 4.54. The summed E-state index contributed by atoms with van der Waals surface area (Å²) in [4.78, 5) is 4.64. The van der Waals surface area contributed by atoms with E-state index in [4.69, 9.17) is 10.5 Å². The van der Waals surface area contributed by atoms with E-state index in [1.54, 1.807) is 23.5 Å². The van der Waals surface area contributed by atoms with Gasteiger partial charge in [0.05, 0.1) is 17.3 Å². The van der Waals surface area contributed by atoms with E-state index in [9.17, 15) is 4.39 Å². The van der Waals surface area contributed by atoms with E-state index in [2.05, 4.69) is 4.98 Å². The zero-order valence-electron chi connectivity index (χ0n) is 12.5. The van der Waals surface area contributed by atoms with Crippen LogP contribution < -0.4 is 10.5 Å². The summed E-state index contributed by atoms with van der Waals surface area (Å²) in [5.41, 5.74) is 8.53. The third kappa shape index (κ3) is 4.29. The lowest BCUT2D eigenvalue weighted by atomic mass is 10.1. The van der Waals surface area contributed by atoms with E-state index in [1.807, 2.05) is 29.6 Å². The van der Waals surface area contributed by atoms with Gasteiger partial charge in [0.1, 0.15) is 11.6 Å². The number of nitrogens with two attached hydrogens (primary N) is 1. The SMILES string of the molecule is Nc1cccc(-c2csc(CCCOc3ccc(F)cc3)n2)c1. The third-order valence-electron chi connectivity index (χ3n) is 3.35. The number of halogens is 1. The zero-order valence-corrected chi connectivity index (χ0v) is 13.4. The molecule has 0 spiro atoms. The molecule has 0 radical (unpaired) electrons. The summed E-state index contributed by atoms with van der Waals surface area (Å²) in [6.07, 6.45) is 1.72. The number of nitrogen functional groups attached to an aromatic ring is 1. The van der Waals surface area contributed by atoms with Gasteiger partial charge in [-0.1, -0.05) is 12.1 Å². The van der Waals surface area contributed by atoms with Gasteiger partial charge in [0.2, 0.25) is 0 Å². The number of hydrogen-bond acceptors (Lipinski definition) is 4. The van der Waals surface area contributed by atoms with Gasteiger partial charge < -0.3 is 10.5 Å². The van der Waals surface area contributed by atoms with Crippen molar-refractivity contribution in [2.75, 3.05) is 12.3 Å². The van der Waals surface area contributed by atoms with E-state index < -0.39 is 0 Å². The Morgan fingerprint density at radius 1 is 1.13 bits per heavy atom. The van der Waals surface area contributed by atoms with E-state index in [1.165, 1.54) is 12.1 Å². The monoisotopic (exact) mass is 328 g/mol. The van der Waals surface area contributed by atoms with Crippen LogP contribution in [0.15, 0.2) is 53.9 Å². The Balaban J connectivity index is 1.50. The van der Waals surface area contributed by atoms with Crippen LogP contribution in [0, 0.1) is 5.82 Å². The maximum atomic E-state index is 12.8. The average Bonchev–Trinajstić information content (AvgIpc) is 3.02. The van der Waals surface area contributed by atoms with Gasteiger partial charge in [-0.25, -0.2) is 9.37 Å². The molecule has 3 rings (SSSR count).